The fraction of sp³-hybridized carbons (Fsp3) is 0.333. The Morgan fingerprint density at radius 3 is 2.79 bits per heavy atom. The third-order valence-electron chi connectivity index (χ3n) is 3.20. The molecule has 0 bridgehead atoms. The summed E-state index contributed by atoms with van der Waals surface area (Å²) in [7, 11) is 0. The average Bonchev–Trinajstić information content (AvgIpc) is 3.23. The summed E-state index contributed by atoms with van der Waals surface area (Å²) in [5.74, 6) is 2.89. The van der Waals surface area contributed by atoms with Crippen LogP contribution in [0.3, 0.4) is 0 Å². The van der Waals surface area contributed by atoms with E-state index in [0.717, 1.165) is 22.6 Å². The third-order valence-corrected chi connectivity index (χ3v) is 3.61. The van der Waals surface area contributed by atoms with Crippen LogP contribution in [0.15, 0.2) is 34.9 Å². The third kappa shape index (κ3) is 2.95. The molecule has 0 unspecified atom stereocenters. The lowest BCUT2D eigenvalue weighted by Gasteiger charge is -2.10. The second kappa shape index (κ2) is 5.29. The van der Waals surface area contributed by atoms with Crippen LogP contribution >= 0.6 is 15.9 Å². The Balaban J connectivity index is 1.90. The van der Waals surface area contributed by atoms with Crippen molar-refractivity contribution in [2.45, 2.75) is 32.1 Å². The van der Waals surface area contributed by atoms with E-state index in [9.17, 15) is 0 Å². The highest BCUT2D eigenvalue weighted by atomic mass is 79.9. The van der Waals surface area contributed by atoms with Crippen LogP contribution in [-0.4, -0.2) is 9.97 Å². The number of rotatable bonds is 4. The van der Waals surface area contributed by atoms with Crippen LogP contribution in [0.5, 0.6) is 11.6 Å². The van der Waals surface area contributed by atoms with Gasteiger partial charge in [-0.1, -0.05) is 25.1 Å². The monoisotopic (exact) mass is 318 g/mol. The number of aromatic nitrogens is 2. The van der Waals surface area contributed by atoms with Gasteiger partial charge in [0.15, 0.2) is 0 Å². The Bertz CT molecular complexity index is 596. The smallest absolute Gasteiger partial charge is 0.223 e. The molecule has 4 heteroatoms. The second-order valence-electron chi connectivity index (χ2n) is 4.72. The van der Waals surface area contributed by atoms with E-state index in [2.05, 4.69) is 38.9 Å². The van der Waals surface area contributed by atoms with Crippen molar-refractivity contribution in [1.29, 1.82) is 0 Å². The topological polar surface area (TPSA) is 35.0 Å². The van der Waals surface area contributed by atoms with Crippen molar-refractivity contribution in [3.63, 3.8) is 0 Å². The quantitative estimate of drug-likeness (QED) is 0.780. The fourth-order valence-electron chi connectivity index (χ4n) is 2.00. The Kier molecular flexibility index (Phi) is 3.51. The number of ether oxygens (including phenoxy) is 1. The molecule has 0 radical (unpaired) electrons. The molecule has 0 amide bonds. The van der Waals surface area contributed by atoms with Gasteiger partial charge in [-0.2, -0.15) is 4.98 Å². The summed E-state index contributed by atoms with van der Waals surface area (Å²) in [6.45, 7) is 2.12. The minimum absolute atomic E-state index is 0.515. The second-order valence-corrected chi connectivity index (χ2v) is 5.54. The highest BCUT2D eigenvalue weighted by Gasteiger charge is 2.27. The molecular formula is C15H15BrN2O. The summed E-state index contributed by atoms with van der Waals surface area (Å²) < 4.78 is 6.70. The molecule has 3 rings (SSSR count). The molecule has 98 valence electrons. The number of hydrogen-bond acceptors (Lipinski definition) is 3. The zero-order valence-corrected chi connectivity index (χ0v) is 12.4. The van der Waals surface area contributed by atoms with Crippen LogP contribution in [0.25, 0.3) is 0 Å². The van der Waals surface area contributed by atoms with E-state index in [-0.39, 0.29) is 0 Å². The molecule has 1 aromatic carbocycles. The summed E-state index contributed by atoms with van der Waals surface area (Å²) in [6.07, 6.45) is 3.31. The SMILES string of the molecule is CCc1ccccc1Oc1cc(Br)nc(C2CC2)n1. The number of nitrogens with zero attached hydrogens (tertiary/aromatic N) is 2. The zero-order chi connectivity index (χ0) is 13.2. The van der Waals surface area contributed by atoms with Crippen molar-refractivity contribution in [3.8, 4) is 11.6 Å². The van der Waals surface area contributed by atoms with Gasteiger partial charge in [-0.25, -0.2) is 4.98 Å². The molecule has 1 aromatic heterocycles. The van der Waals surface area contributed by atoms with Crippen molar-refractivity contribution >= 4 is 15.9 Å². The van der Waals surface area contributed by atoms with Gasteiger partial charge >= 0.3 is 0 Å². The molecule has 1 saturated carbocycles. The molecule has 3 nitrogen and oxygen atoms in total. The summed E-state index contributed by atoms with van der Waals surface area (Å²) in [5, 5.41) is 0. The van der Waals surface area contributed by atoms with Gasteiger partial charge in [0.25, 0.3) is 0 Å². The Morgan fingerprint density at radius 2 is 2.05 bits per heavy atom. The molecule has 2 aromatic rings. The van der Waals surface area contributed by atoms with E-state index in [1.807, 2.05) is 24.3 Å². The van der Waals surface area contributed by atoms with Gasteiger partial charge in [-0.15, -0.1) is 0 Å². The Hall–Kier alpha value is -1.42. The minimum Gasteiger partial charge on any atom is -0.439 e. The summed E-state index contributed by atoms with van der Waals surface area (Å²) in [5.41, 5.74) is 1.19. The molecule has 0 atom stereocenters. The van der Waals surface area contributed by atoms with E-state index in [0.29, 0.717) is 11.8 Å². The number of benzene rings is 1. The van der Waals surface area contributed by atoms with Gasteiger partial charge in [0, 0.05) is 12.0 Å². The fourth-order valence-corrected chi connectivity index (χ4v) is 2.38. The largest absolute Gasteiger partial charge is 0.439 e. The first-order valence-corrected chi connectivity index (χ1v) is 7.36. The van der Waals surface area contributed by atoms with Gasteiger partial charge in [0.1, 0.15) is 16.2 Å². The maximum atomic E-state index is 5.92. The summed E-state index contributed by atoms with van der Waals surface area (Å²) in [6, 6.07) is 9.88. The zero-order valence-electron chi connectivity index (χ0n) is 10.8. The van der Waals surface area contributed by atoms with Gasteiger partial charge < -0.3 is 4.74 Å². The van der Waals surface area contributed by atoms with Crippen LogP contribution in [0.2, 0.25) is 0 Å². The molecule has 1 fully saturated rings. The standard InChI is InChI=1S/C15H15BrN2O/c1-2-10-5-3-4-6-12(10)19-14-9-13(16)17-15(18-14)11-7-8-11/h3-6,9,11H,2,7-8H2,1H3. The van der Waals surface area contributed by atoms with Gasteiger partial charge in [-0.05, 0) is 46.8 Å². The number of aryl methyl sites for hydroxylation is 1. The lowest BCUT2D eigenvalue weighted by Crippen LogP contribution is -1.98. The molecule has 0 spiro atoms. The normalized spacial score (nSPS) is 14.4. The van der Waals surface area contributed by atoms with Crippen molar-refractivity contribution in [3.05, 3.63) is 46.3 Å². The molecule has 0 aliphatic heterocycles. The van der Waals surface area contributed by atoms with E-state index in [1.54, 1.807) is 0 Å². The van der Waals surface area contributed by atoms with Crippen LogP contribution in [0.4, 0.5) is 0 Å². The highest BCUT2D eigenvalue weighted by molar-refractivity contribution is 9.10. The van der Waals surface area contributed by atoms with Crippen molar-refractivity contribution in [2.75, 3.05) is 0 Å². The molecule has 0 saturated heterocycles. The molecule has 19 heavy (non-hydrogen) atoms. The molecule has 1 aliphatic carbocycles. The first-order chi connectivity index (χ1) is 9.26. The van der Waals surface area contributed by atoms with Crippen molar-refractivity contribution in [1.82, 2.24) is 9.97 Å². The van der Waals surface area contributed by atoms with Crippen molar-refractivity contribution in [2.24, 2.45) is 0 Å². The van der Waals surface area contributed by atoms with Gasteiger partial charge in [0.2, 0.25) is 5.88 Å². The average molecular weight is 319 g/mol. The van der Waals surface area contributed by atoms with Gasteiger partial charge in [0.05, 0.1) is 0 Å². The first-order valence-electron chi connectivity index (χ1n) is 6.56. The highest BCUT2D eigenvalue weighted by Crippen LogP contribution is 2.39. The van der Waals surface area contributed by atoms with E-state index < -0.39 is 0 Å². The van der Waals surface area contributed by atoms with E-state index in [1.165, 1.54) is 18.4 Å². The lowest BCUT2D eigenvalue weighted by atomic mass is 10.1. The van der Waals surface area contributed by atoms with Crippen LogP contribution < -0.4 is 4.74 Å². The predicted octanol–water partition coefficient (Wildman–Crippen LogP) is 4.47. The van der Waals surface area contributed by atoms with Gasteiger partial charge in [-0.3, -0.25) is 0 Å². The lowest BCUT2D eigenvalue weighted by molar-refractivity contribution is 0.452. The van der Waals surface area contributed by atoms with Crippen LogP contribution in [0.1, 0.15) is 37.1 Å². The maximum Gasteiger partial charge on any atom is 0.223 e. The van der Waals surface area contributed by atoms with Crippen LogP contribution in [-0.2, 0) is 6.42 Å². The summed E-state index contributed by atoms with van der Waals surface area (Å²) in [4.78, 5) is 8.91. The predicted molar refractivity (Wildman–Crippen MR) is 77.6 cm³/mol. The minimum atomic E-state index is 0.515. The summed E-state index contributed by atoms with van der Waals surface area (Å²) >= 11 is 3.43. The number of hydrogen-bond donors (Lipinski definition) is 0. The number of halogens is 1. The molecular weight excluding hydrogens is 304 g/mol. The van der Waals surface area contributed by atoms with Crippen molar-refractivity contribution < 1.29 is 4.74 Å². The van der Waals surface area contributed by atoms with Crippen LogP contribution in [0, 0.1) is 0 Å². The molecule has 1 heterocycles. The Labute approximate surface area is 121 Å². The first kappa shape index (κ1) is 12.6. The van der Waals surface area contributed by atoms with E-state index in [4.69, 9.17) is 4.74 Å². The van der Waals surface area contributed by atoms with E-state index >= 15 is 0 Å². The Morgan fingerprint density at radius 1 is 1.26 bits per heavy atom. The number of para-hydroxylation sites is 1. The molecule has 0 N–H and O–H groups in total. The maximum absolute atomic E-state index is 5.92. The molecule has 1 aliphatic rings.